The molecule has 0 fully saturated rings. The zero-order valence-corrected chi connectivity index (χ0v) is 13.4. The molecular weight excluding hydrogens is 309 g/mol. The minimum atomic E-state index is -0.993. The van der Waals surface area contributed by atoms with E-state index in [1.54, 1.807) is 6.07 Å². The summed E-state index contributed by atoms with van der Waals surface area (Å²) in [4.78, 5) is 23.3. The van der Waals surface area contributed by atoms with Crippen molar-refractivity contribution in [1.29, 1.82) is 0 Å². The van der Waals surface area contributed by atoms with E-state index in [0.717, 1.165) is 5.56 Å². The van der Waals surface area contributed by atoms with Crippen LogP contribution in [0.4, 0.5) is 10.1 Å². The highest BCUT2D eigenvalue weighted by molar-refractivity contribution is 6.39. The maximum atomic E-state index is 13.4. The van der Waals surface area contributed by atoms with Crippen LogP contribution < -0.4 is 10.7 Å². The minimum Gasteiger partial charge on any atom is -0.315 e. The summed E-state index contributed by atoms with van der Waals surface area (Å²) in [6.45, 7) is 4.19. The van der Waals surface area contributed by atoms with Crippen LogP contribution in [-0.4, -0.2) is 18.0 Å². The Balaban J connectivity index is 1.90. The molecule has 2 N–H and O–H groups in total. The number of halogens is 1. The van der Waals surface area contributed by atoms with Crippen LogP contribution in [0.5, 0.6) is 0 Å². The second-order valence-corrected chi connectivity index (χ2v) is 5.45. The molecule has 0 radical (unpaired) electrons. The monoisotopic (exact) mass is 327 g/mol. The maximum absolute atomic E-state index is 13.4. The molecule has 0 spiro atoms. The molecule has 24 heavy (non-hydrogen) atoms. The molecule has 0 saturated carbocycles. The van der Waals surface area contributed by atoms with Gasteiger partial charge in [-0.1, -0.05) is 50.2 Å². The van der Waals surface area contributed by atoms with Gasteiger partial charge in [-0.15, -0.1) is 0 Å². The largest absolute Gasteiger partial charge is 0.329 e. The number of anilines is 1. The summed E-state index contributed by atoms with van der Waals surface area (Å²) in [6.07, 6.45) is 1.43. The van der Waals surface area contributed by atoms with Crippen molar-refractivity contribution in [3.8, 4) is 0 Å². The van der Waals surface area contributed by atoms with Gasteiger partial charge in [0.15, 0.2) is 0 Å². The van der Waals surface area contributed by atoms with E-state index >= 15 is 0 Å². The number of carbonyl (C=O) groups excluding carboxylic acids is 2. The number of nitrogens with one attached hydrogen (secondary N) is 2. The number of benzene rings is 2. The van der Waals surface area contributed by atoms with Gasteiger partial charge in [0.1, 0.15) is 5.82 Å². The van der Waals surface area contributed by atoms with Crippen molar-refractivity contribution >= 4 is 23.7 Å². The first kappa shape index (κ1) is 17.3. The van der Waals surface area contributed by atoms with Gasteiger partial charge in [0.05, 0.1) is 11.9 Å². The van der Waals surface area contributed by atoms with Crippen LogP contribution in [0, 0.1) is 5.82 Å². The van der Waals surface area contributed by atoms with Crippen LogP contribution in [0.2, 0.25) is 0 Å². The van der Waals surface area contributed by atoms with E-state index in [0.29, 0.717) is 5.92 Å². The third kappa shape index (κ3) is 4.74. The molecule has 2 amide bonds. The Morgan fingerprint density at radius 2 is 1.71 bits per heavy atom. The lowest BCUT2D eigenvalue weighted by Crippen LogP contribution is -2.32. The van der Waals surface area contributed by atoms with Crippen LogP contribution in [0.3, 0.4) is 0 Å². The van der Waals surface area contributed by atoms with Crippen LogP contribution in [0.15, 0.2) is 53.6 Å². The normalized spacial score (nSPS) is 10.8. The molecule has 124 valence electrons. The van der Waals surface area contributed by atoms with E-state index in [9.17, 15) is 14.0 Å². The van der Waals surface area contributed by atoms with Gasteiger partial charge in [0.2, 0.25) is 0 Å². The Labute approximate surface area is 139 Å². The molecule has 6 heteroatoms. The molecule has 0 saturated heterocycles. The predicted octanol–water partition coefficient (Wildman–Crippen LogP) is 3.04. The number of para-hydroxylation sites is 1. The van der Waals surface area contributed by atoms with Gasteiger partial charge in [-0.3, -0.25) is 9.59 Å². The van der Waals surface area contributed by atoms with E-state index < -0.39 is 17.6 Å². The summed E-state index contributed by atoms with van der Waals surface area (Å²) >= 11 is 0. The number of carbonyl (C=O) groups is 2. The average Bonchev–Trinajstić information content (AvgIpc) is 2.57. The first-order valence-electron chi connectivity index (χ1n) is 7.46. The number of amides is 2. The predicted molar refractivity (Wildman–Crippen MR) is 91.3 cm³/mol. The fourth-order valence-electron chi connectivity index (χ4n) is 1.92. The smallest absolute Gasteiger partial charge is 0.315 e. The fourth-order valence-corrected chi connectivity index (χ4v) is 1.92. The number of hydrogen-bond acceptors (Lipinski definition) is 3. The maximum Gasteiger partial charge on any atom is 0.329 e. The molecule has 0 heterocycles. The summed E-state index contributed by atoms with van der Waals surface area (Å²) in [5, 5.41) is 5.90. The lowest BCUT2D eigenvalue weighted by molar-refractivity contribution is -0.136. The molecule has 2 aromatic rings. The highest BCUT2D eigenvalue weighted by Gasteiger charge is 2.14. The molecule has 0 unspecified atom stereocenters. The van der Waals surface area contributed by atoms with E-state index in [4.69, 9.17) is 0 Å². The third-order valence-electron chi connectivity index (χ3n) is 3.31. The molecule has 0 aliphatic rings. The zero-order valence-electron chi connectivity index (χ0n) is 13.4. The van der Waals surface area contributed by atoms with Gasteiger partial charge in [0.25, 0.3) is 0 Å². The molecule has 2 aromatic carbocycles. The van der Waals surface area contributed by atoms with Crippen LogP contribution in [0.1, 0.15) is 30.9 Å². The Kier molecular flexibility index (Phi) is 5.78. The van der Waals surface area contributed by atoms with Crippen LogP contribution >= 0.6 is 0 Å². The summed E-state index contributed by atoms with van der Waals surface area (Å²) in [5.41, 5.74) is 4.02. The quantitative estimate of drug-likeness (QED) is 0.515. The molecular formula is C18H18FN3O2. The molecule has 0 bridgehead atoms. The van der Waals surface area contributed by atoms with E-state index in [-0.39, 0.29) is 5.69 Å². The highest BCUT2D eigenvalue weighted by Crippen LogP contribution is 2.14. The second kappa shape index (κ2) is 8.01. The molecule has 0 aromatic heterocycles. The van der Waals surface area contributed by atoms with Crippen molar-refractivity contribution in [3.05, 3.63) is 65.5 Å². The van der Waals surface area contributed by atoms with E-state index in [2.05, 4.69) is 29.7 Å². The molecule has 5 nitrogen and oxygen atoms in total. The summed E-state index contributed by atoms with van der Waals surface area (Å²) < 4.78 is 13.4. The van der Waals surface area contributed by atoms with Crippen molar-refractivity contribution in [3.63, 3.8) is 0 Å². The number of hydrazone groups is 1. The van der Waals surface area contributed by atoms with Gasteiger partial charge < -0.3 is 5.32 Å². The topological polar surface area (TPSA) is 70.6 Å². The average molecular weight is 327 g/mol. The summed E-state index contributed by atoms with van der Waals surface area (Å²) in [5.74, 6) is -2.16. The lowest BCUT2D eigenvalue weighted by Gasteiger charge is -2.05. The Bertz CT molecular complexity index is 755. The van der Waals surface area contributed by atoms with E-state index in [1.165, 1.54) is 30.0 Å². The minimum absolute atomic E-state index is 0.0640. The third-order valence-corrected chi connectivity index (χ3v) is 3.31. The van der Waals surface area contributed by atoms with Crippen molar-refractivity contribution in [1.82, 2.24) is 5.43 Å². The molecule has 2 rings (SSSR count). The van der Waals surface area contributed by atoms with Gasteiger partial charge in [-0.25, -0.2) is 9.82 Å². The molecule has 0 atom stereocenters. The Morgan fingerprint density at radius 3 is 2.33 bits per heavy atom. The fraction of sp³-hybridized carbons (Fsp3) is 0.167. The summed E-state index contributed by atoms with van der Waals surface area (Å²) in [6, 6.07) is 13.3. The summed E-state index contributed by atoms with van der Waals surface area (Å²) in [7, 11) is 0. The standard InChI is InChI=1S/C18H18FN3O2/c1-12(2)14-9-7-13(8-10-14)11-20-22-18(24)17(23)21-16-6-4-3-5-15(16)19/h3-12H,1-2H3,(H,21,23)(H,22,24). The van der Waals surface area contributed by atoms with Crippen molar-refractivity contribution in [2.45, 2.75) is 19.8 Å². The van der Waals surface area contributed by atoms with Crippen LogP contribution in [0.25, 0.3) is 0 Å². The van der Waals surface area contributed by atoms with Crippen molar-refractivity contribution in [2.75, 3.05) is 5.32 Å². The van der Waals surface area contributed by atoms with Gasteiger partial charge >= 0.3 is 11.8 Å². The second-order valence-electron chi connectivity index (χ2n) is 5.45. The SMILES string of the molecule is CC(C)c1ccc(C=NNC(=O)C(=O)Nc2ccccc2F)cc1. The van der Waals surface area contributed by atoms with E-state index in [1.807, 2.05) is 24.3 Å². The van der Waals surface area contributed by atoms with Gasteiger partial charge in [-0.2, -0.15) is 5.10 Å². The zero-order chi connectivity index (χ0) is 17.5. The Morgan fingerprint density at radius 1 is 1.04 bits per heavy atom. The van der Waals surface area contributed by atoms with Gasteiger partial charge in [-0.05, 0) is 29.2 Å². The van der Waals surface area contributed by atoms with Gasteiger partial charge in [0, 0.05) is 0 Å². The molecule has 0 aliphatic heterocycles. The number of hydrogen-bond donors (Lipinski definition) is 2. The van der Waals surface area contributed by atoms with Crippen molar-refractivity contribution in [2.24, 2.45) is 5.10 Å². The Hall–Kier alpha value is -3.02. The van der Waals surface area contributed by atoms with Crippen molar-refractivity contribution < 1.29 is 14.0 Å². The number of nitrogens with zero attached hydrogens (tertiary/aromatic N) is 1. The van der Waals surface area contributed by atoms with Crippen LogP contribution in [-0.2, 0) is 9.59 Å². The number of rotatable bonds is 4. The first-order valence-corrected chi connectivity index (χ1v) is 7.46. The first-order chi connectivity index (χ1) is 11.5. The highest BCUT2D eigenvalue weighted by atomic mass is 19.1. The lowest BCUT2D eigenvalue weighted by atomic mass is 10.0. The molecule has 0 aliphatic carbocycles.